The second kappa shape index (κ2) is 11.2. The summed E-state index contributed by atoms with van der Waals surface area (Å²) in [5, 5.41) is 0. The van der Waals surface area contributed by atoms with Gasteiger partial charge >= 0.3 is 0 Å². The molecule has 0 unspecified atom stereocenters. The third-order valence-electron chi connectivity index (χ3n) is 12.1. The van der Waals surface area contributed by atoms with Crippen LogP contribution in [0.2, 0.25) is 0 Å². The molecule has 6 aromatic rings. The van der Waals surface area contributed by atoms with Gasteiger partial charge in [0.1, 0.15) is 0 Å². The fourth-order valence-corrected chi connectivity index (χ4v) is 9.43. The molecule has 1 spiro atoms. The lowest BCUT2D eigenvalue weighted by Gasteiger charge is -2.55. The molecule has 47 heavy (non-hydrogen) atoms. The number of rotatable bonds is 4. The highest BCUT2D eigenvalue weighted by molar-refractivity contribution is 5.66. The van der Waals surface area contributed by atoms with Crippen LogP contribution in [0.3, 0.4) is 0 Å². The molecule has 232 valence electrons. The Bertz CT molecular complexity index is 1820. The molecule has 2 aliphatic carbocycles. The molecule has 0 N–H and O–H groups in total. The number of benzene rings is 6. The van der Waals surface area contributed by atoms with E-state index in [0.717, 1.165) is 25.7 Å². The van der Waals surface area contributed by atoms with Crippen molar-refractivity contribution in [3.8, 4) is 0 Å². The molecule has 0 saturated heterocycles. The molecule has 0 bridgehead atoms. The number of hydrogen-bond acceptors (Lipinski definition) is 0. The normalized spacial score (nSPS) is 17.1. The molecule has 0 fully saturated rings. The van der Waals surface area contributed by atoms with Crippen molar-refractivity contribution in [2.75, 3.05) is 0 Å². The first kappa shape index (κ1) is 29.7. The van der Waals surface area contributed by atoms with Crippen LogP contribution in [-0.4, -0.2) is 0 Å². The van der Waals surface area contributed by atoms with Gasteiger partial charge in [-0.2, -0.15) is 0 Å². The summed E-state index contributed by atoms with van der Waals surface area (Å²) < 4.78 is 0. The predicted octanol–water partition coefficient (Wildman–Crippen LogP) is 11.5. The predicted molar refractivity (Wildman–Crippen MR) is 197 cm³/mol. The highest BCUT2D eigenvalue weighted by Crippen LogP contribution is 2.62. The van der Waals surface area contributed by atoms with E-state index in [1.807, 2.05) is 0 Å². The van der Waals surface area contributed by atoms with E-state index in [9.17, 15) is 0 Å². The van der Waals surface area contributed by atoms with E-state index >= 15 is 0 Å². The smallest absolute Gasteiger partial charge is 0.0454 e. The van der Waals surface area contributed by atoms with E-state index in [1.54, 1.807) is 0 Å². The Balaban J connectivity index is 1.47. The average Bonchev–Trinajstić information content (AvgIpc) is 3.12. The highest BCUT2D eigenvalue weighted by atomic mass is 14.6. The highest BCUT2D eigenvalue weighted by Gasteiger charge is 2.55. The van der Waals surface area contributed by atoms with E-state index in [-0.39, 0.29) is 16.2 Å². The Kier molecular flexibility index (Phi) is 7.10. The lowest BCUT2D eigenvalue weighted by Crippen LogP contribution is -2.48. The number of hydrogen-bond donors (Lipinski definition) is 0. The topological polar surface area (TPSA) is 0 Å². The van der Waals surface area contributed by atoms with Crippen molar-refractivity contribution in [2.45, 2.75) is 69.6 Å². The van der Waals surface area contributed by atoms with Crippen LogP contribution in [-0.2, 0) is 16.2 Å². The van der Waals surface area contributed by atoms with Crippen molar-refractivity contribution in [2.24, 2.45) is 0 Å². The van der Waals surface area contributed by atoms with Gasteiger partial charge in [-0.1, -0.05) is 146 Å². The van der Waals surface area contributed by atoms with Crippen LogP contribution >= 0.6 is 0 Å². The molecular weight excluding hydrogens is 565 g/mol. The van der Waals surface area contributed by atoms with Gasteiger partial charge in [0.05, 0.1) is 0 Å². The van der Waals surface area contributed by atoms with Crippen LogP contribution in [0.4, 0.5) is 0 Å². The fourth-order valence-electron chi connectivity index (χ4n) is 9.43. The molecule has 0 aromatic heterocycles. The van der Waals surface area contributed by atoms with E-state index in [1.165, 1.54) is 66.8 Å². The molecule has 0 radical (unpaired) electrons. The van der Waals surface area contributed by atoms with Gasteiger partial charge in [0, 0.05) is 16.2 Å². The minimum Gasteiger partial charge on any atom is -0.0622 e. The van der Waals surface area contributed by atoms with Crippen LogP contribution < -0.4 is 0 Å². The first-order valence-electron chi connectivity index (χ1n) is 17.4. The minimum absolute atomic E-state index is 0.0816. The summed E-state index contributed by atoms with van der Waals surface area (Å²) in [5.74, 6) is 0. The van der Waals surface area contributed by atoms with Gasteiger partial charge in [-0.15, -0.1) is 0 Å². The largest absolute Gasteiger partial charge is 0.0622 e. The van der Waals surface area contributed by atoms with Crippen molar-refractivity contribution in [3.63, 3.8) is 0 Å². The number of aryl methyl sites for hydroxylation is 4. The monoisotopic (exact) mass is 608 g/mol. The summed E-state index contributed by atoms with van der Waals surface area (Å²) in [6, 6.07) is 55.6. The Hall–Kier alpha value is -4.68. The van der Waals surface area contributed by atoms with Gasteiger partial charge in [0.2, 0.25) is 0 Å². The molecule has 6 aromatic carbocycles. The van der Waals surface area contributed by atoms with Gasteiger partial charge < -0.3 is 0 Å². The zero-order chi connectivity index (χ0) is 32.2. The molecule has 0 aliphatic heterocycles. The van der Waals surface area contributed by atoms with E-state index in [0.29, 0.717) is 0 Å². The molecule has 0 heteroatoms. The van der Waals surface area contributed by atoms with E-state index in [4.69, 9.17) is 0 Å². The summed E-state index contributed by atoms with van der Waals surface area (Å²) in [4.78, 5) is 0. The van der Waals surface area contributed by atoms with Crippen molar-refractivity contribution < 1.29 is 0 Å². The Morgan fingerprint density at radius 2 is 0.574 bits per heavy atom. The standard InChI is InChI=1S/C47H44/c1-33-29-41-43(31-35(33)3)46(37-17-9-5-10-18-37,38-19-11-6-12-20-38)27-25-45(41)26-28-47(39-21-13-7-14-22-39,40-23-15-8-16-24-40)44-32-36(4)34(2)30-42(44)45/h5-24,29-32H,25-28H2,1-4H3. The third-order valence-corrected chi connectivity index (χ3v) is 12.1. The fraction of sp³-hybridized carbons (Fsp3) is 0.234. The summed E-state index contributed by atoms with van der Waals surface area (Å²) in [7, 11) is 0. The maximum Gasteiger partial charge on any atom is 0.0454 e. The molecule has 2 aliphatic rings. The van der Waals surface area contributed by atoms with Crippen LogP contribution in [0.5, 0.6) is 0 Å². The lowest BCUT2D eigenvalue weighted by molar-refractivity contribution is 0.296. The Morgan fingerprint density at radius 3 is 0.851 bits per heavy atom. The van der Waals surface area contributed by atoms with Crippen LogP contribution in [0.1, 0.15) is 92.4 Å². The van der Waals surface area contributed by atoms with Crippen molar-refractivity contribution in [1.29, 1.82) is 0 Å². The van der Waals surface area contributed by atoms with Crippen molar-refractivity contribution >= 4 is 0 Å². The van der Waals surface area contributed by atoms with Crippen LogP contribution in [0, 0.1) is 27.7 Å². The van der Waals surface area contributed by atoms with E-state index < -0.39 is 0 Å². The Morgan fingerprint density at radius 1 is 0.319 bits per heavy atom. The summed E-state index contributed by atoms with van der Waals surface area (Å²) >= 11 is 0. The van der Waals surface area contributed by atoms with Gasteiger partial charge in [0.25, 0.3) is 0 Å². The Labute approximate surface area is 281 Å². The van der Waals surface area contributed by atoms with E-state index in [2.05, 4.69) is 173 Å². The first-order chi connectivity index (χ1) is 22.9. The zero-order valence-electron chi connectivity index (χ0n) is 28.2. The van der Waals surface area contributed by atoms with Gasteiger partial charge in [0.15, 0.2) is 0 Å². The van der Waals surface area contributed by atoms with Crippen molar-refractivity contribution in [1.82, 2.24) is 0 Å². The average molecular weight is 609 g/mol. The molecule has 0 heterocycles. The minimum atomic E-state index is -0.213. The maximum atomic E-state index is 2.58. The lowest BCUT2D eigenvalue weighted by atomic mass is 9.48. The van der Waals surface area contributed by atoms with Crippen LogP contribution in [0.15, 0.2) is 146 Å². The quantitative estimate of drug-likeness (QED) is 0.187. The summed E-state index contributed by atoms with van der Waals surface area (Å²) in [5.41, 5.74) is 16.6. The second-order valence-electron chi connectivity index (χ2n) is 14.3. The molecule has 0 amide bonds. The first-order valence-corrected chi connectivity index (χ1v) is 17.4. The van der Waals surface area contributed by atoms with Crippen LogP contribution in [0.25, 0.3) is 0 Å². The molecule has 0 saturated carbocycles. The third kappa shape index (κ3) is 4.34. The molecular formula is C47H44. The maximum absolute atomic E-state index is 2.58. The van der Waals surface area contributed by atoms with Gasteiger partial charge in [-0.25, -0.2) is 0 Å². The molecule has 8 rings (SSSR count). The summed E-state index contributed by atoms with van der Waals surface area (Å²) in [6.07, 6.45) is 4.32. The zero-order valence-corrected chi connectivity index (χ0v) is 28.2. The molecule has 0 atom stereocenters. The van der Waals surface area contributed by atoms with Crippen molar-refractivity contribution in [3.05, 3.63) is 212 Å². The summed E-state index contributed by atoms with van der Waals surface area (Å²) in [6.45, 7) is 9.23. The SMILES string of the molecule is Cc1cc2c(cc1C)C(c1ccccc1)(c1ccccc1)CCC21CCC(c2ccccc2)(c2ccccc2)c2cc(C)c(C)cc21. The molecule has 0 nitrogen and oxygen atoms in total. The second-order valence-corrected chi connectivity index (χ2v) is 14.3. The number of fused-ring (bicyclic) bond motifs is 4. The van der Waals surface area contributed by atoms with Gasteiger partial charge in [-0.05, 0) is 120 Å². The van der Waals surface area contributed by atoms with Gasteiger partial charge in [-0.3, -0.25) is 0 Å².